The van der Waals surface area contributed by atoms with Crippen LogP contribution in [0.2, 0.25) is 0 Å². The lowest BCUT2D eigenvalue weighted by atomic mass is 9.96. The van der Waals surface area contributed by atoms with Gasteiger partial charge in [-0.15, -0.1) is 0 Å². The Bertz CT molecular complexity index is 370. The van der Waals surface area contributed by atoms with Crippen molar-refractivity contribution in [3.63, 3.8) is 0 Å². The van der Waals surface area contributed by atoms with Crippen LogP contribution in [0.15, 0.2) is 12.1 Å². The van der Waals surface area contributed by atoms with E-state index in [0.29, 0.717) is 5.56 Å². The molecule has 14 heavy (non-hydrogen) atoms. The average molecular weight is 193 g/mol. The molecule has 1 aromatic rings. The third-order valence-corrected chi connectivity index (χ3v) is 2.45. The van der Waals surface area contributed by atoms with Crippen molar-refractivity contribution in [2.24, 2.45) is 5.73 Å². The highest BCUT2D eigenvalue weighted by Gasteiger charge is 2.11. The largest absolute Gasteiger partial charge is 0.478 e. The molecule has 3 nitrogen and oxygen atoms in total. The Morgan fingerprint density at radius 1 is 1.43 bits per heavy atom. The lowest BCUT2D eigenvalue weighted by Crippen LogP contribution is -2.10. The monoisotopic (exact) mass is 193 g/mol. The van der Waals surface area contributed by atoms with Gasteiger partial charge in [-0.25, -0.2) is 4.79 Å². The molecule has 0 aliphatic rings. The smallest absolute Gasteiger partial charge is 0.335 e. The van der Waals surface area contributed by atoms with Gasteiger partial charge in [-0.3, -0.25) is 0 Å². The van der Waals surface area contributed by atoms with Gasteiger partial charge in [0.1, 0.15) is 0 Å². The van der Waals surface area contributed by atoms with Crippen LogP contribution in [0.25, 0.3) is 0 Å². The number of hydrogen-bond acceptors (Lipinski definition) is 2. The molecule has 0 heterocycles. The summed E-state index contributed by atoms with van der Waals surface area (Å²) >= 11 is 0. The predicted molar refractivity (Wildman–Crippen MR) is 55.5 cm³/mol. The summed E-state index contributed by atoms with van der Waals surface area (Å²) in [4.78, 5) is 10.8. The average Bonchev–Trinajstić information content (AvgIpc) is 2.08. The zero-order valence-electron chi connectivity index (χ0n) is 8.66. The molecular weight excluding hydrogens is 178 g/mol. The van der Waals surface area contributed by atoms with Gasteiger partial charge in [-0.05, 0) is 49.6 Å². The molecule has 1 rings (SSSR count). The van der Waals surface area contributed by atoms with Crippen LogP contribution in [0.3, 0.4) is 0 Å². The van der Waals surface area contributed by atoms with Crippen LogP contribution in [0.4, 0.5) is 0 Å². The molecule has 0 saturated carbocycles. The lowest BCUT2D eigenvalue weighted by Gasteiger charge is -2.13. The SMILES string of the molecule is Cc1cc(C(=O)O)cc(C(C)N)c1C. The van der Waals surface area contributed by atoms with Gasteiger partial charge in [0.2, 0.25) is 0 Å². The number of carboxylic acids is 1. The second-order valence-electron chi connectivity index (χ2n) is 3.60. The molecule has 0 fully saturated rings. The standard InChI is InChI=1S/C11H15NO2/c1-6-4-9(11(13)14)5-10(7(6)2)8(3)12/h4-5,8H,12H2,1-3H3,(H,13,14). The van der Waals surface area contributed by atoms with E-state index < -0.39 is 5.97 Å². The molecule has 1 atom stereocenters. The van der Waals surface area contributed by atoms with E-state index in [2.05, 4.69) is 0 Å². The number of aryl methyl sites for hydroxylation is 1. The minimum Gasteiger partial charge on any atom is -0.478 e. The Hall–Kier alpha value is -1.35. The highest BCUT2D eigenvalue weighted by atomic mass is 16.4. The maximum Gasteiger partial charge on any atom is 0.335 e. The lowest BCUT2D eigenvalue weighted by molar-refractivity contribution is 0.0696. The Morgan fingerprint density at radius 2 is 2.00 bits per heavy atom. The Balaban J connectivity index is 3.35. The number of carboxylic acid groups (broad SMARTS) is 1. The third kappa shape index (κ3) is 1.93. The zero-order chi connectivity index (χ0) is 10.9. The molecule has 0 aromatic heterocycles. The van der Waals surface area contributed by atoms with E-state index in [0.717, 1.165) is 16.7 Å². The van der Waals surface area contributed by atoms with Crippen molar-refractivity contribution in [2.45, 2.75) is 26.8 Å². The van der Waals surface area contributed by atoms with E-state index in [-0.39, 0.29) is 6.04 Å². The molecule has 0 spiro atoms. The van der Waals surface area contributed by atoms with Crippen molar-refractivity contribution >= 4 is 5.97 Å². The predicted octanol–water partition coefficient (Wildman–Crippen LogP) is 2.02. The van der Waals surface area contributed by atoms with Crippen molar-refractivity contribution < 1.29 is 9.90 Å². The summed E-state index contributed by atoms with van der Waals surface area (Å²) < 4.78 is 0. The first-order valence-corrected chi connectivity index (χ1v) is 4.53. The van der Waals surface area contributed by atoms with Crippen LogP contribution in [-0.4, -0.2) is 11.1 Å². The van der Waals surface area contributed by atoms with E-state index in [1.54, 1.807) is 12.1 Å². The molecule has 76 valence electrons. The van der Waals surface area contributed by atoms with Crippen LogP contribution in [-0.2, 0) is 0 Å². The summed E-state index contributed by atoms with van der Waals surface area (Å²) in [6.07, 6.45) is 0. The molecule has 0 bridgehead atoms. The van der Waals surface area contributed by atoms with Gasteiger partial charge in [-0.2, -0.15) is 0 Å². The highest BCUT2D eigenvalue weighted by Crippen LogP contribution is 2.21. The fraction of sp³-hybridized carbons (Fsp3) is 0.364. The van der Waals surface area contributed by atoms with Gasteiger partial charge in [0.25, 0.3) is 0 Å². The van der Waals surface area contributed by atoms with Crippen molar-refractivity contribution in [2.75, 3.05) is 0 Å². The first-order valence-electron chi connectivity index (χ1n) is 4.53. The minimum atomic E-state index is -0.907. The summed E-state index contributed by atoms with van der Waals surface area (Å²) in [6, 6.07) is 3.19. The maximum atomic E-state index is 10.8. The van der Waals surface area contributed by atoms with Gasteiger partial charge in [-0.1, -0.05) is 0 Å². The molecule has 0 radical (unpaired) electrons. The summed E-state index contributed by atoms with van der Waals surface area (Å²) in [6.45, 7) is 5.71. The molecule has 1 aromatic carbocycles. The molecule has 3 N–H and O–H groups in total. The van der Waals surface area contributed by atoms with Crippen LogP contribution >= 0.6 is 0 Å². The molecule has 0 saturated heterocycles. The first kappa shape index (κ1) is 10.7. The van der Waals surface area contributed by atoms with E-state index >= 15 is 0 Å². The van der Waals surface area contributed by atoms with Crippen LogP contribution in [0.1, 0.15) is 40.0 Å². The van der Waals surface area contributed by atoms with Crippen molar-refractivity contribution in [3.8, 4) is 0 Å². The Kier molecular flexibility index (Phi) is 2.91. The molecular formula is C11H15NO2. The van der Waals surface area contributed by atoms with Crippen molar-refractivity contribution in [3.05, 3.63) is 34.4 Å². The maximum absolute atomic E-state index is 10.8. The van der Waals surface area contributed by atoms with Gasteiger partial charge in [0, 0.05) is 6.04 Å². The molecule has 1 unspecified atom stereocenters. The quantitative estimate of drug-likeness (QED) is 0.755. The Labute approximate surface area is 83.6 Å². The second-order valence-corrected chi connectivity index (χ2v) is 3.60. The van der Waals surface area contributed by atoms with Crippen molar-refractivity contribution in [1.29, 1.82) is 0 Å². The minimum absolute atomic E-state index is 0.131. The van der Waals surface area contributed by atoms with E-state index in [1.807, 2.05) is 20.8 Å². The van der Waals surface area contributed by atoms with Crippen LogP contribution < -0.4 is 5.73 Å². The van der Waals surface area contributed by atoms with E-state index in [4.69, 9.17) is 10.8 Å². The summed E-state index contributed by atoms with van der Waals surface area (Å²) in [5, 5.41) is 8.87. The number of carbonyl (C=O) groups is 1. The van der Waals surface area contributed by atoms with E-state index in [1.165, 1.54) is 0 Å². The van der Waals surface area contributed by atoms with Crippen molar-refractivity contribution in [1.82, 2.24) is 0 Å². The number of rotatable bonds is 2. The van der Waals surface area contributed by atoms with E-state index in [9.17, 15) is 4.79 Å². The molecule has 0 aliphatic heterocycles. The highest BCUT2D eigenvalue weighted by molar-refractivity contribution is 5.88. The number of hydrogen-bond donors (Lipinski definition) is 2. The normalized spacial score (nSPS) is 12.6. The fourth-order valence-corrected chi connectivity index (χ4v) is 1.48. The molecule has 3 heteroatoms. The topological polar surface area (TPSA) is 63.3 Å². The fourth-order valence-electron chi connectivity index (χ4n) is 1.48. The number of aromatic carboxylic acids is 1. The van der Waals surface area contributed by atoms with Gasteiger partial charge in [0.15, 0.2) is 0 Å². The Morgan fingerprint density at radius 3 is 2.43 bits per heavy atom. The van der Waals surface area contributed by atoms with Gasteiger partial charge < -0.3 is 10.8 Å². The number of nitrogens with two attached hydrogens (primary N) is 1. The molecule has 0 amide bonds. The third-order valence-electron chi connectivity index (χ3n) is 2.45. The van der Waals surface area contributed by atoms with Gasteiger partial charge in [0.05, 0.1) is 5.56 Å². The molecule has 0 aliphatic carbocycles. The van der Waals surface area contributed by atoms with Crippen LogP contribution in [0.5, 0.6) is 0 Å². The summed E-state index contributed by atoms with van der Waals surface area (Å²) in [5.41, 5.74) is 9.01. The second kappa shape index (κ2) is 3.80. The summed E-state index contributed by atoms with van der Waals surface area (Å²) in [7, 11) is 0. The van der Waals surface area contributed by atoms with Gasteiger partial charge >= 0.3 is 5.97 Å². The zero-order valence-corrected chi connectivity index (χ0v) is 8.66. The number of benzene rings is 1. The first-order chi connectivity index (χ1) is 6.43. The summed E-state index contributed by atoms with van der Waals surface area (Å²) in [5.74, 6) is -0.907. The van der Waals surface area contributed by atoms with Crippen LogP contribution in [0, 0.1) is 13.8 Å².